The molecule has 1 heterocycles. The second kappa shape index (κ2) is 10.8. The van der Waals surface area contributed by atoms with Gasteiger partial charge in [-0.05, 0) is 66.4 Å². The van der Waals surface area contributed by atoms with Crippen molar-refractivity contribution in [3.63, 3.8) is 0 Å². The molecule has 0 bridgehead atoms. The summed E-state index contributed by atoms with van der Waals surface area (Å²) in [6.45, 7) is 2.36. The second-order valence-electron chi connectivity index (χ2n) is 7.88. The van der Waals surface area contributed by atoms with Gasteiger partial charge in [-0.2, -0.15) is 5.10 Å². The number of hydrazone groups is 1. The molecule has 33 heavy (non-hydrogen) atoms. The van der Waals surface area contributed by atoms with Gasteiger partial charge in [0.05, 0.1) is 12.8 Å². The van der Waals surface area contributed by atoms with E-state index in [-0.39, 0.29) is 11.9 Å². The summed E-state index contributed by atoms with van der Waals surface area (Å²) in [4.78, 5) is 12.6. The Kier molecular flexibility index (Phi) is 7.34. The number of hydrogen-bond acceptors (Lipinski definition) is 6. The van der Waals surface area contributed by atoms with E-state index in [1.807, 2.05) is 85.8 Å². The summed E-state index contributed by atoms with van der Waals surface area (Å²) in [6.07, 6.45) is 0.602. The topological polar surface area (TPSA) is 84.0 Å². The minimum atomic E-state index is -0.392. The Morgan fingerprint density at radius 3 is 2.55 bits per heavy atom. The molecule has 2 atom stereocenters. The minimum Gasteiger partial charge on any atom is -0.497 e. The Hall–Kier alpha value is -3.68. The van der Waals surface area contributed by atoms with Crippen molar-refractivity contribution < 1.29 is 14.3 Å². The molecule has 170 valence electrons. The second-order valence-corrected chi connectivity index (χ2v) is 7.88. The summed E-state index contributed by atoms with van der Waals surface area (Å²) in [5, 5.41) is 4.25. The highest BCUT2D eigenvalue weighted by Crippen LogP contribution is 2.26. The number of ether oxygens (including phenoxy) is 2. The zero-order valence-electron chi connectivity index (χ0n) is 18.7. The first kappa shape index (κ1) is 22.5. The van der Waals surface area contributed by atoms with Crippen molar-refractivity contribution >= 4 is 11.6 Å². The Morgan fingerprint density at radius 2 is 1.79 bits per heavy atom. The highest BCUT2D eigenvalue weighted by atomic mass is 16.5. The van der Waals surface area contributed by atoms with Crippen LogP contribution in [-0.4, -0.2) is 24.8 Å². The van der Waals surface area contributed by atoms with Crippen LogP contribution < -0.4 is 25.8 Å². The van der Waals surface area contributed by atoms with Gasteiger partial charge in [0.25, 0.3) is 5.91 Å². The molecule has 7 nitrogen and oxygen atoms in total. The molecule has 0 aliphatic carbocycles. The lowest BCUT2D eigenvalue weighted by Gasteiger charge is -2.12. The standard InChI is InChI=1S/C26H28N4O3/c1-18(20-11-13-22(32-2)14-12-20)27-30-26(31)25-16-24(28-29-25)21-9-6-10-23(15-21)33-17-19-7-4-3-5-8-19/h3-15,24-25,28-29H,16-17H2,1-2H3,(H,30,31)/b27-18+. The van der Waals surface area contributed by atoms with Crippen molar-refractivity contribution in [3.8, 4) is 11.5 Å². The van der Waals surface area contributed by atoms with Crippen LogP contribution in [0.1, 0.15) is 36.1 Å². The van der Waals surface area contributed by atoms with Gasteiger partial charge in [0.15, 0.2) is 0 Å². The number of nitrogens with zero attached hydrogens (tertiary/aromatic N) is 1. The third kappa shape index (κ3) is 5.97. The fourth-order valence-electron chi connectivity index (χ4n) is 3.62. The first-order chi connectivity index (χ1) is 16.1. The van der Waals surface area contributed by atoms with Crippen molar-refractivity contribution in [1.29, 1.82) is 0 Å². The molecule has 1 amide bonds. The van der Waals surface area contributed by atoms with Crippen LogP contribution >= 0.6 is 0 Å². The number of hydrogen-bond donors (Lipinski definition) is 3. The number of carbonyl (C=O) groups excluding carboxylic acids is 1. The Bertz CT molecular complexity index is 1100. The smallest absolute Gasteiger partial charge is 0.258 e. The largest absolute Gasteiger partial charge is 0.497 e. The molecule has 1 aliphatic rings. The predicted molar refractivity (Wildman–Crippen MR) is 128 cm³/mol. The van der Waals surface area contributed by atoms with Crippen LogP contribution in [-0.2, 0) is 11.4 Å². The van der Waals surface area contributed by atoms with E-state index in [0.717, 1.165) is 33.9 Å². The van der Waals surface area contributed by atoms with Crippen molar-refractivity contribution in [3.05, 3.63) is 95.6 Å². The number of hydrazine groups is 1. The van der Waals surface area contributed by atoms with E-state index in [1.165, 1.54) is 0 Å². The molecule has 0 spiro atoms. The first-order valence-corrected chi connectivity index (χ1v) is 10.9. The third-order valence-electron chi connectivity index (χ3n) is 5.57. The molecule has 2 unspecified atom stereocenters. The average Bonchev–Trinajstić information content (AvgIpc) is 3.37. The monoisotopic (exact) mass is 444 g/mol. The van der Waals surface area contributed by atoms with Crippen LogP contribution in [0.25, 0.3) is 0 Å². The molecule has 0 radical (unpaired) electrons. The highest BCUT2D eigenvalue weighted by Gasteiger charge is 2.30. The lowest BCUT2D eigenvalue weighted by Crippen LogP contribution is -2.41. The molecule has 3 N–H and O–H groups in total. The minimum absolute atomic E-state index is 0.00677. The van der Waals surface area contributed by atoms with Crippen LogP contribution in [0.4, 0.5) is 0 Å². The van der Waals surface area contributed by atoms with E-state index in [4.69, 9.17) is 9.47 Å². The summed E-state index contributed by atoms with van der Waals surface area (Å²) in [7, 11) is 1.63. The van der Waals surface area contributed by atoms with Crippen molar-refractivity contribution in [2.24, 2.45) is 5.10 Å². The van der Waals surface area contributed by atoms with Gasteiger partial charge in [-0.1, -0.05) is 42.5 Å². The SMILES string of the molecule is COc1ccc(/C(C)=N/NC(=O)C2CC(c3cccc(OCc4ccccc4)c3)NN2)cc1. The van der Waals surface area contributed by atoms with Gasteiger partial charge in [-0.25, -0.2) is 16.3 Å². The fourth-order valence-corrected chi connectivity index (χ4v) is 3.62. The number of rotatable bonds is 8. The Balaban J connectivity index is 1.31. The van der Waals surface area contributed by atoms with Crippen molar-refractivity contribution in [1.82, 2.24) is 16.3 Å². The van der Waals surface area contributed by atoms with Gasteiger partial charge in [0, 0.05) is 6.04 Å². The van der Waals surface area contributed by atoms with Gasteiger partial charge in [0.1, 0.15) is 24.1 Å². The molecule has 1 fully saturated rings. The molecule has 3 aromatic carbocycles. The lowest BCUT2D eigenvalue weighted by molar-refractivity contribution is -0.122. The summed E-state index contributed by atoms with van der Waals surface area (Å²) in [5.41, 5.74) is 12.8. The molecule has 3 aromatic rings. The van der Waals surface area contributed by atoms with Crippen LogP contribution in [0.3, 0.4) is 0 Å². The van der Waals surface area contributed by atoms with Gasteiger partial charge < -0.3 is 9.47 Å². The molecular formula is C26H28N4O3. The molecule has 7 heteroatoms. The molecule has 0 saturated carbocycles. The van der Waals surface area contributed by atoms with E-state index in [0.29, 0.717) is 13.0 Å². The van der Waals surface area contributed by atoms with Crippen LogP contribution in [0, 0.1) is 0 Å². The van der Waals surface area contributed by atoms with E-state index in [1.54, 1.807) is 7.11 Å². The Labute approximate surface area is 193 Å². The Morgan fingerprint density at radius 1 is 1.00 bits per heavy atom. The van der Waals surface area contributed by atoms with Crippen LogP contribution in [0.5, 0.6) is 11.5 Å². The number of methoxy groups -OCH3 is 1. The number of carbonyl (C=O) groups is 1. The molecular weight excluding hydrogens is 416 g/mol. The van der Waals surface area contributed by atoms with Gasteiger partial charge in [-0.3, -0.25) is 4.79 Å². The highest BCUT2D eigenvalue weighted by molar-refractivity contribution is 5.99. The third-order valence-corrected chi connectivity index (χ3v) is 5.57. The average molecular weight is 445 g/mol. The number of benzene rings is 3. The van der Waals surface area contributed by atoms with Crippen molar-refractivity contribution in [2.45, 2.75) is 32.0 Å². The normalized spacial score (nSPS) is 18.1. The first-order valence-electron chi connectivity index (χ1n) is 10.9. The quantitative estimate of drug-likeness (QED) is 0.364. The van der Waals surface area contributed by atoms with Gasteiger partial charge in [-0.15, -0.1) is 0 Å². The predicted octanol–water partition coefficient (Wildman–Crippen LogP) is 3.72. The van der Waals surface area contributed by atoms with Crippen LogP contribution in [0.2, 0.25) is 0 Å². The fraction of sp³-hybridized carbons (Fsp3) is 0.231. The summed E-state index contributed by atoms with van der Waals surface area (Å²) >= 11 is 0. The van der Waals surface area contributed by atoms with E-state index in [9.17, 15) is 4.79 Å². The molecule has 0 aromatic heterocycles. The van der Waals surface area contributed by atoms with E-state index >= 15 is 0 Å². The van der Waals surface area contributed by atoms with Crippen LogP contribution in [0.15, 0.2) is 84.0 Å². The maximum Gasteiger partial charge on any atom is 0.258 e. The zero-order chi connectivity index (χ0) is 23.0. The summed E-state index contributed by atoms with van der Waals surface area (Å²) in [5.74, 6) is 1.39. The van der Waals surface area contributed by atoms with E-state index < -0.39 is 6.04 Å². The van der Waals surface area contributed by atoms with Gasteiger partial charge >= 0.3 is 0 Å². The zero-order valence-corrected chi connectivity index (χ0v) is 18.7. The molecule has 1 saturated heterocycles. The molecule has 4 rings (SSSR count). The summed E-state index contributed by atoms with van der Waals surface area (Å²) < 4.78 is 11.1. The maximum atomic E-state index is 12.6. The molecule has 1 aliphatic heterocycles. The maximum absolute atomic E-state index is 12.6. The summed E-state index contributed by atoms with van der Waals surface area (Å²) in [6, 6.07) is 25.1. The lowest BCUT2D eigenvalue weighted by atomic mass is 10.0. The van der Waals surface area contributed by atoms with E-state index in [2.05, 4.69) is 21.4 Å². The number of nitrogens with one attached hydrogen (secondary N) is 3. The number of amides is 1. The van der Waals surface area contributed by atoms with Gasteiger partial charge in [0.2, 0.25) is 0 Å². The van der Waals surface area contributed by atoms with Crippen molar-refractivity contribution in [2.75, 3.05) is 7.11 Å².